The van der Waals surface area contributed by atoms with Crippen LogP contribution < -0.4 is 5.32 Å². The van der Waals surface area contributed by atoms with Gasteiger partial charge in [-0.05, 0) is 51.1 Å². The van der Waals surface area contributed by atoms with Crippen molar-refractivity contribution in [2.24, 2.45) is 5.92 Å². The van der Waals surface area contributed by atoms with Gasteiger partial charge in [-0.2, -0.15) is 0 Å². The summed E-state index contributed by atoms with van der Waals surface area (Å²) in [6.07, 6.45) is 6.42. The molecule has 0 aromatic heterocycles. The Balaban J connectivity index is 2.85. The van der Waals surface area contributed by atoms with E-state index in [4.69, 9.17) is 4.74 Å². The third-order valence-electron chi connectivity index (χ3n) is 2.34. The fourth-order valence-corrected chi connectivity index (χ4v) is 1.43. The van der Waals surface area contributed by atoms with Crippen LogP contribution in [0.2, 0.25) is 0 Å². The number of rotatable bonds is 10. The standard InChI is InChI=1S/C12H27NO/c1-12(2)8-7-10-13-9-5-4-6-11-14-3/h12-13H,4-11H2,1-3H3. The molecule has 1 N–H and O–H groups in total. The van der Waals surface area contributed by atoms with E-state index >= 15 is 0 Å². The number of hydrogen-bond acceptors (Lipinski definition) is 2. The molecule has 0 saturated heterocycles. The first-order valence-electron chi connectivity index (χ1n) is 5.97. The minimum absolute atomic E-state index is 0.846. The summed E-state index contributed by atoms with van der Waals surface area (Å²) in [4.78, 5) is 0. The van der Waals surface area contributed by atoms with Crippen LogP contribution in [0.4, 0.5) is 0 Å². The SMILES string of the molecule is COCCCCCNCCCC(C)C. The third kappa shape index (κ3) is 11.9. The third-order valence-corrected chi connectivity index (χ3v) is 2.34. The summed E-state index contributed by atoms with van der Waals surface area (Å²) in [7, 11) is 1.77. The molecule has 0 aliphatic carbocycles. The van der Waals surface area contributed by atoms with E-state index < -0.39 is 0 Å². The highest BCUT2D eigenvalue weighted by Gasteiger charge is 1.93. The molecule has 0 aliphatic rings. The second-order valence-corrected chi connectivity index (χ2v) is 4.34. The molecule has 0 aromatic carbocycles. The Labute approximate surface area is 89.4 Å². The zero-order valence-corrected chi connectivity index (χ0v) is 10.1. The second kappa shape index (κ2) is 11.0. The molecule has 0 unspecified atom stereocenters. The highest BCUT2D eigenvalue weighted by atomic mass is 16.5. The van der Waals surface area contributed by atoms with Crippen molar-refractivity contribution in [3.8, 4) is 0 Å². The number of hydrogen-bond donors (Lipinski definition) is 1. The summed E-state index contributed by atoms with van der Waals surface area (Å²) in [6, 6.07) is 0. The van der Waals surface area contributed by atoms with Gasteiger partial charge in [0.25, 0.3) is 0 Å². The number of ether oxygens (including phenoxy) is 1. The first-order chi connectivity index (χ1) is 6.77. The fraction of sp³-hybridized carbons (Fsp3) is 1.00. The molecule has 14 heavy (non-hydrogen) atoms. The Bertz CT molecular complexity index is 104. The van der Waals surface area contributed by atoms with Crippen LogP contribution in [-0.4, -0.2) is 26.8 Å². The van der Waals surface area contributed by atoms with Crippen molar-refractivity contribution in [2.45, 2.75) is 46.0 Å². The van der Waals surface area contributed by atoms with Crippen LogP contribution in [0.5, 0.6) is 0 Å². The molecular formula is C12H27NO. The molecule has 0 spiro atoms. The molecule has 0 atom stereocenters. The molecule has 0 bridgehead atoms. The summed E-state index contributed by atoms with van der Waals surface area (Å²) in [5.74, 6) is 0.846. The minimum atomic E-state index is 0.846. The first-order valence-corrected chi connectivity index (χ1v) is 5.97. The zero-order valence-electron chi connectivity index (χ0n) is 10.1. The van der Waals surface area contributed by atoms with Crippen molar-refractivity contribution in [3.05, 3.63) is 0 Å². The quantitative estimate of drug-likeness (QED) is 0.549. The molecule has 0 amide bonds. The van der Waals surface area contributed by atoms with Crippen molar-refractivity contribution >= 4 is 0 Å². The lowest BCUT2D eigenvalue weighted by Gasteiger charge is -2.06. The lowest BCUT2D eigenvalue weighted by Crippen LogP contribution is -2.17. The van der Waals surface area contributed by atoms with E-state index in [2.05, 4.69) is 19.2 Å². The van der Waals surface area contributed by atoms with Crippen molar-refractivity contribution in [1.82, 2.24) is 5.32 Å². The van der Waals surface area contributed by atoms with E-state index in [9.17, 15) is 0 Å². The van der Waals surface area contributed by atoms with E-state index in [1.54, 1.807) is 7.11 Å². The van der Waals surface area contributed by atoms with Crippen LogP contribution in [0, 0.1) is 5.92 Å². The van der Waals surface area contributed by atoms with Crippen molar-refractivity contribution in [1.29, 1.82) is 0 Å². The lowest BCUT2D eigenvalue weighted by atomic mass is 10.1. The summed E-state index contributed by atoms with van der Waals surface area (Å²) < 4.78 is 4.99. The van der Waals surface area contributed by atoms with E-state index in [1.807, 2.05) is 0 Å². The number of nitrogens with one attached hydrogen (secondary N) is 1. The number of unbranched alkanes of at least 4 members (excludes halogenated alkanes) is 2. The Kier molecular flexibility index (Phi) is 10.9. The largest absolute Gasteiger partial charge is 0.385 e. The average molecular weight is 201 g/mol. The second-order valence-electron chi connectivity index (χ2n) is 4.34. The summed E-state index contributed by atoms with van der Waals surface area (Å²) in [6.45, 7) is 7.83. The van der Waals surface area contributed by atoms with Crippen molar-refractivity contribution in [2.75, 3.05) is 26.8 Å². The van der Waals surface area contributed by atoms with Gasteiger partial charge in [0.15, 0.2) is 0 Å². The van der Waals surface area contributed by atoms with Crippen LogP contribution in [0.1, 0.15) is 46.0 Å². The van der Waals surface area contributed by atoms with Gasteiger partial charge in [0.1, 0.15) is 0 Å². The smallest absolute Gasteiger partial charge is 0.0462 e. The molecule has 2 heteroatoms. The van der Waals surface area contributed by atoms with Crippen LogP contribution in [0.3, 0.4) is 0 Å². The lowest BCUT2D eigenvalue weighted by molar-refractivity contribution is 0.192. The van der Waals surface area contributed by atoms with Gasteiger partial charge in [0.2, 0.25) is 0 Å². The van der Waals surface area contributed by atoms with E-state index in [0.29, 0.717) is 0 Å². The zero-order chi connectivity index (χ0) is 10.6. The van der Waals surface area contributed by atoms with Gasteiger partial charge in [-0.3, -0.25) is 0 Å². The van der Waals surface area contributed by atoms with Gasteiger partial charge in [-0.25, -0.2) is 0 Å². The molecule has 0 aliphatic heterocycles. The molecule has 0 aromatic rings. The maximum Gasteiger partial charge on any atom is 0.0462 e. The molecular weight excluding hydrogens is 174 g/mol. The van der Waals surface area contributed by atoms with E-state index in [-0.39, 0.29) is 0 Å². The monoisotopic (exact) mass is 201 g/mol. The van der Waals surface area contributed by atoms with Crippen LogP contribution in [-0.2, 0) is 4.74 Å². The minimum Gasteiger partial charge on any atom is -0.385 e. The molecule has 86 valence electrons. The fourth-order valence-electron chi connectivity index (χ4n) is 1.43. The molecule has 0 rings (SSSR count). The predicted molar refractivity (Wildman–Crippen MR) is 62.7 cm³/mol. The van der Waals surface area contributed by atoms with Gasteiger partial charge in [0.05, 0.1) is 0 Å². The van der Waals surface area contributed by atoms with E-state index in [1.165, 1.54) is 45.2 Å². The van der Waals surface area contributed by atoms with Gasteiger partial charge in [-0.1, -0.05) is 13.8 Å². The molecule has 0 fully saturated rings. The molecule has 0 radical (unpaired) electrons. The summed E-state index contributed by atoms with van der Waals surface area (Å²) in [5, 5.41) is 3.48. The van der Waals surface area contributed by atoms with Crippen LogP contribution in [0.25, 0.3) is 0 Å². The number of methoxy groups -OCH3 is 1. The summed E-state index contributed by atoms with van der Waals surface area (Å²) in [5.41, 5.74) is 0. The van der Waals surface area contributed by atoms with Crippen molar-refractivity contribution in [3.63, 3.8) is 0 Å². The van der Waals surface area contributed by atoms with Crippen LogP contribution >= 0.6 is 0 Å². The van der Waals surface area contributed by atoms with Gasteiger partial charge in [0, 0.05) is 13.7 Å². The average Bonchev–Trinajstić information content (AvgIpc) is 2.15. The highest BCUT2D eigenvalue weighted by molar-refractivity contribution is 4.51. The van der Waals surface area contributed by atoms with E-state index in [0.717, 1.165) is 12.5 Å². The Hall–Kier alpha value is -0.0800. The van der Waals surface area contributed by atoms with Gasteiger partial charge < -0.3 is 10.1 Å². The molecule has 0 heterocycles. The van der Waals surface area contributed by atoms with Crippen LogP contribution in [0.15, 0.2) is 0 Å². The molecule has 0 saturated carbocycles. The van der Waals surface area contributed by atoms with Gasteiger partial charge in [-0.15, -0.1) is 0 Å². The maximum atomic E-state index is 4.99. The Morgan fingerprint density at radius 1 is 1.00 bits per heavy atom. The topological polar surface area (TPSA) is 21.3 Å². The highest BCUT2D eigenvalue weighted by Crippen LogP contribution is 2.01. The predicted octanol–water partition coefficient (Wildman–Crippen LogP) is 2.83. The Morgan fingerprint density at radius 3 is 2.36 bits per heavy atom. The normalized spacial score (nSPS) is 11.1. The Morgan fingerprint density at radius 2 is 1.71 bits per heavy atom. The molecule has 2 nitrogen and oxygen atoms in total. The van der Waals surface area contributed by atoms with Crippen molar-refractivity contribution < 1.29 is 4.74 Å². The summed E-state index contributed by atoms with van der Waals surface area (Å²) >= 11 is 0. The van der Waals surface area contributed by atoms with Gasteiger partial charge >= 0.3 is 0 Å². The first kappa shape index (κ1) is 13.9. The maximum absolute atomic E-state index is 4.99.